The third-order valence-corrected chi connectivity index (χ3v) is 3.39. The summed E-state index contributed by atoms with van der Waals surface area (Å²) in [6, 6.07) is 8.66. The van der Waals surface area contributed by atoms with Crippen LogP contribution in [0.5, 0.6) is 0 Å². The van der Waals surface area contributed by atoms with E-state index in [0.717, 1.165) is 0 Å². The Kier molecular flexibility index (Phi) is 2.80. The first-order valence-electron chi connectivity index (χ1n) is 4.46. The number of rotatable bonds is 2. The molecule has 2 unspecified atom stereocenters. The van der Waals surface area contributed by atoms with Crippen LogP contribution in [0.3, 0.4) is 0 Å². The van der Waals surface area contributed by atoms with Gasteiger partial charge in [-0.05, 0) is 6.92 Å². The molecule has 0 aliphatic carbocycles. The number of hydrogen-bond acceptors (Lipinski definition) is 4. The lowest BCUT2D eigenvalue weighted by molar-refractivity contribution is -0.135. The van der Waals surface area contributed by atoms with Gasteiger partial charge in [0.15, 0.2) is 6.10 Å². The number of benzene rings is 1. The summed E-state index contributed by atoms with van der Waals surface area (Å²) >= 11 is 0. The number of carbonyl (C=O) groups excluding carboxylic acids is 2. The van der Waals surface area contributed by atoms with E-state index < -0.39 is 20.4 Å². The first-order valence-corrected chi connectivity index (χ1v) is 5.64. The molecule has 1 fully saturated rings. The van der Waals surface area contributed by atoms with Crippen LogP contribution in [0.25, 0.3) is 0 Å². The molecule has 2 rings (SSSR count). The van der Waals surface area contributed by atoms with Crippen LogP contribution < -0.4 is 0 Å². The van der Waals surface area contributed by atoms with Crippen LogP contribution >= 0.6 is 8.38 Å². The molecular formula is C10H9O4P. The molecular weight excluding hydrogens is 215 g/mol. The van der Waals surface area contributed by atoms with Crippen LogP contribution in [0.1, 0.15) is 17.3 Å². The van der Waals surface area contributed by atoms with E-state index >= 15 is 0 Å². The monoisotopic (exact) mass is 224 g/mol. The Bertz CT molecular complexity index is 390. The lowest BCUT2D eigenvalue weighted by Crippen LogP contribution is -2.09. The Labute approximate surface area is 88.1 Å². The molecule has 0 radical (unpaired) electrons. The molecule has 15 heavy (non-hydrogen) atoms. The van der Waals surface area contributed by atoms with Gasteiger partial charge in [0.25, 0.3) is 5.52 Å². The molecule has 0 saturated carbocycles. The highest BCUT2D eigenvalue weighted by Crippen LogP contribution is 2.48. The van der Waals surface area contributed by atoms with Gasteiger partial charge in [0.05, 0.1) is 0 Å². The van der Waals surface area contributed by atoms with E-state index in [4.69, 9.17) is 9.05 Å². The van der Waals surface area contributed by atoms with Gasteiger partial charge in [-0.25, -0.2) is 4.79 Å². The molecule has 1 aliphatic heterocycles. The maximum atomic E-state index is 11.8. The topological polar surface area (TPSA) is 52.6 Å². The number of carbonyl (C=O) groups is 2. The lowest BCUT2D eigenvalue weighted by atomic mass is 10.2. The van der Waals surface area contributed by atoms with Crippen molar-refractivity contribution < 1.29 is 18.6 Å². The maximum Gasteiger partial charge on any atom is 0.340 e. The average Bonchev–Trinajstić information content (AvgIpc) is 2.59. The van der Waals surface area contributed by atoms with Crippen molar-refractivity contribution in [1.29, 1.82) is 0 Å². The second-order valence-corrected chi connectivity index (χ2v) is 4.40. The smallest absolute Gasteiger partial charge is 0.340 e. The first-order chi connectivity index (χ1) is 7.18. The van der Waals surface area contributed by atoms with E-state index in [0.29, 0.717) is 5.56 Å². The van der Waals surface area contributed by atoms with Crippen LogP contribution in [0.2, 0.25) is 0 Å². The van der Waals surface area contributed by atoms with Crippen molar-refractivity contribution in [3.05, 3.63) is 35.9 Å². The molecule has 0 bridgehead atoms. The Morgan fingerprint density at radius 2 is 2.00 bits per heavy atom. The summed E-state index contributed by atoms with van der Waals surface area (Å²) in [4.78, 5) is 22.8. The molecule has 1 heterocycles. The van der Waals surface area contributed by atoms with Crippen molar-refractivity contribution in [1.82, 2.24) is 0 Å². The fourth-order valence-electron chi connectivity index (χ4n) is 1.14. The first kappa shape index (κ1) is 10.3. The highest BCUT2D eigenvalue weighted by Gasteiger charge is 2.38. The van der Waals surface area contributed by atoms with Crippen LogP contribution in [-0.2, 0) is 13.8 Å². The van der Waals surface area contributed by atoms with Crippen molar-refractivity contribution in [2.24, 2.45) is 0 Å². The van der Waals surface area contributed by atoms with Gasteiger partial charge in [0.1, 0.15) is 0 Å². The Hall–Kier alpha value is -1.25. The van der Waals surface area contributed by atoms with Gasteiger partial charge in [-0.15, -0.1) is 0 Å². The second-order valence-electron chi connectivity index (χ2n) is 3.09. The van der Waals surface area contributed by atoms with E-state index in [1.807, 2.05) is 6.07 Å². The summed E-state index contributed by atoms with van der Waals surface area (Å²) in [5.41, 5.74) is 0.244. The van der Waals surface area contributed by atoms with Crippen molar-refractivity contribution in [3.63, 3.8) is 0 Å². The molecule has 1 aromatic rings. The summed E-state index contributed by atoms with van der Waals surface area (Å²) in [5, 5.41) is 0. The highest BCUT2D eigenvalue weighted by atomic mass is 31.2. The van der Waals surface area contributed by atoms with Gasteiger partial charge in [0, 0.05) is 5.56 Å². The van der Waals surface area contributed by atoms with Gasteiger partial charge in [-0.1, -0.05) is 30.3 Å². The molecule has 1 saturated heterocycles. The normalized spacial score (nSPS) is 25.0. The predicted octanol–water partition coefficient (Wildman–Crippen LogP) is 2.10. The zero-order chi connectivity index (χ0) is 10.8. The maximum absolute atomic E-state index is 11.8. The van der Waals surface area contributed by atoms with Gasteiger partial charge in [-0.2, -0.15) is 0 Å². The molecule has 0 aromatic heterocycles. The standard InChI is InChI=1S/C10H9O4P/c1-7-9(11)14-15(13-7)10(12)8-5-3-2-4-6-8/h2-7H,1H3. The van der Waals surface area contributed by atoms with Crippen molar-refractivity contribution in [3.8, 4) is 0 Å². The molecule has 5 heteroatoms. The SMILES string of the molecule is CC1OP(C(=O)c2ccccc2)OC1=O. The highest BCUT2D eigenvalue weighted by molar-refractivity contribution is 7.67. The minimum Gasteiger partial charge on any atom is -0.408 e. The molecule has 0 amide bonds. The summed E-state index contributed by atoms with van der Waals surface area (Å²) in [6.45, 7) is 1.57. The molecule has 0 N–H and O–H groups in total. The summed E-state index contributed by atoms with van der Waals surface area (Å²) in [7, 11) is -1.75. The van der Waals surface area contributed by atoms with Crippen LogP contribution in [0.15, 0.2) is 30.3 Å². The van der Waals surface area contributed by atoms with Crippen molar-refractivity contribution >= 4 is 19.9 Å². The average molecular weight is 224 g/mol. The molecule has 2 atom stereocenters. The Morgan fingerprint density at radius 3 is 2.53 bits per heavy atom. The molecule has 78 valence electrons. The minimum absolute atomic E-state index is 0.261. The second kappa shape index (κ2) is 4.09. The largest absolute Gasteiger partial charge is 0.408 e. The molecule has 0 spiro atoms. The van der Waals surface area contributed by atoms with Crippen molar-refractivity contribution in [2.45, 2.75) is 13.0 Å². The minimum atomic E-state index is -1.75. The third-order valence-electron chi connectivity index (χ3n) is 1.95. The van der Waals surface area contributed by atoms with Gasteiger partial charge < -0.3 is 9.05 Å². The number of hydrogen-bond donors (Lipinski definition) is 0. The van der Waals surface area contributed by atoms with Crippen LogP contribution in [0, 0.1) is 0 Å². The summed E-state index contributed by atoms with van der Waals surface area (Å²) in [6.07, 6.45) is -0.635. The Morgan fingerprint density at radius 1 is 1.33 bits per heavy atom. The van der Waals surface area contributed by atoms with Gasteiger partial charge in [-0.3, -0.25) is 4.79 Å². The zero-order valence-electron chi connectivity index (χ0n) is 8.04. The van der Waals surface area contributed by atoms with E-state index in [9.17, 15) is 9.59 Å². The molecule has 1 aromatic carbocycles. The van der Waals surface area contributed by atoms with E-state index in [1.54, 1.807) is 31.2 Å². The van der Waals surface area contributed by atoms with Crippen molar-refractivity contribution in [2.75, 3.05) is 0 Å². The molecule has 1 aliphatic rings. The fraction of sp³-hybridized carbons (Fsp3) is 0.200. The van der Waals surface area contributed by atoms with E-state index in [1.165, 1.54) is 0 Å². The van der Waals surface area contributed by atoms with Crippen LogP contribution in [-0.4, -0.2) is 17.6 Å². The fourth-order valence-corrected chi connectivity index (χ4v) is 2.41. The van der Waals surface area contributed by atoms with E-state index in [2.05, 4.69) is 0 Å². The lowest BCUT2D eigenvalue weighted by Gasteiger charge is -2.04. The van der Waals surface area contributed by atoms with Gasteiger partial charge >= 0.3 is 14.3 Å². The summed E-state index contributed by atoms with van der Waals surface area (Å²) < 4.78 is 9.98. The predicted molar refractivity (Wildman–Crippen MR) is 54.3 cm³/mol. The third kappa shape index (κ3) is 2.06. The quantitative estimate of drug-likeness (QED) is 0.722. The van der Waals surface area contributed by atoms with E-state index in [-0.39, 0.29) is 5.52 Å². The molecule has 4 nitrogen and oxygen atoms in total. The summed E-state index contributed by atoms with van der Waals surface area (Å²) in [5.74, 6) is -0.467. The van der Waals surface area contributed by atoms with Crippen LogP contribution in [0.4, 0.5) is 0 Å². The Balaban J connectivity index is 2.14. The zero-order valence-corrected chi connectivity index (χ0v) is 8.94. The van der Waals surface area contributed by atoms with Gasteiger partial charge in [0.2, 0.25) is 0 Å².